The van der Waals surface area contributed by atoms with Crippen molar-refractivity contribution in [2.45, 2.75) is 68.4 Å². The molecule has 4 heteroatoms. The van der Waals surface area contributed by atoms with Crippen molar-refractivity contribution in [1.82, 2.24) is 0 Å². The quantitative estimate of drug-likeness (QED) is 0.808. The van der Waals surface area contributed by atoms with Gasteiger partial charge in [-0.1, -0.05) is 19.8 Å². The van der Waals surface area contributed by atoms with Gasteiger partial charge in [-0.15, -0.1) is 0 Å². The van der Waals surface area contributed by atoms with Crippen molar-refractivity contribution in [2.75, 3.05) is 0 Å². The molecule has 2 aliphatic carbocycles. The molecule has 0 aromatic heterocycles. The predicted octanol–water partition coefficient (Wildman–Crippen LogP) is 1.86. The molecule has 0 aromatic carbocycles. The van der Waals surface area contributed by atoms with Crippen molar-refractivity contribution in [3.8, 4) is 0 Å². The molecule has 2 saturated carbocycles. The molecule has 0 aromatic rings. The van der Waals surface area contributed by atoms with Gasteiger partial charge in [0.1, 0.15) is 0 Å². The van der Waals surface area contributed by atoms with Gasteiger partial charge in [0.2, 0.25) is 0 Å². The molecule has 0 aliphatic heterocycles. The SMILES string of the molecule is CC1CCCC(S(=O)(=O)C2CCC(N)C2)C1. The molecule has 2 aliphatic rings. The minimum Gasteiger partial charge on any atom is -0.328 e. The molecule has 3 nitrogen and oxygen atoms in total. The lowest BCUT2D eigenvalue weighted by atomic mass is 9.91. The van der Waals surface area contributed by atoms with Gasteiger partial charge < -0.3 is 5.73 Å². The first-order chi connectivity index (χ1) is 7.50. The number of hydrogen-bond acceptors (Lipinski definition) is 3. The fourth-order valence-corrected chi connectivity index (χ4v) is 5.84. The Hall–Kier alpha value is -0.0900. The fraction of sp³-hybridized carbons (Fsp3) is 1.00. The fourth-order valence-electron chi connectivity index (χ4n) is 3.22. The van der Waals surface area contributed by atoms with E-state index in [2.05, 4.69) is 6.92 Å². The van der Waals surface area contributed by atoms with Crippen LogP contribution in [-0.4, -0.2) is 25.0 Å². The van der Waals surface area contributed by atoms with Gasteiger partial charge >= 0.3 is 0 Å². The Kier molecular flexibility index (Phi) is 3.59. The molecule has 0 amide bonds. The van der Waals surface area contributed by atoms with Crippen LogP contribution >= 0.6 is 0 Å². The van der Waals surface area contributed by atoms with Gasteiger partial charge in [-0.2, -0.15) is 0 Å². The zero-order valence-corrected chi connectivity index (χ0v) is 10.9. The lowest BCUT2D eigenvalue weighted by molar-refractivity contribution is 0.380. The minimum absolute atomic E-state index is 0.0773. The molecule has 4 atom stereocenters. The Bertz CT molecular complexity index is 339. The summed E-state index contributed by atoms with van der Waals surface area (Å²) in [5, 5.41) is -0.218. The molecule has 0 heterocycles. The maximum atomic E-state index is 12.4. The van der Waals surface area contributed by atoms with E-state index in [4.69, 9.17) is 5.73 Å². The summed E-state index contributed by atoms with van der Waals surface area (Å²) in [6.45, 7) is 2.17. The zero-order chi connectivity index (χ0) is 11.8. The van der Waals surface area contributed by atoms with Crippen molar-refractivity contribution >= 4 is 9.84 Å². The van der Waals surface area contributed by atoms with E-state index in [-0.39, 0.29) is 16.5 Å². The van der Waals surface area contributed by atoms with E-state index in [1.807, 2.05) is 0 Å². The molecule has 4 unspecified atom stereocenters. The summed E-state index contributed by atoms with van der Waals surface area (Å²) in [4.78, 5) is 0. The van der Waals surface area contributed by atoms with Gasteiger partial charge in [-0.25, -0.2) is 8.42 Å². The number of hydrogen-bond donors (Lipinski definition) is 1. The van der Waals surface area contributed by atoms with Crippen LogP contribution in [-0.2, 0) is 9.84 Å². The molecular weight excluding hydrogens is 222 g/mol. The monoisotopic (exact) mass is 245 g/mol. The van der Waals surface area contributed by atoms with E-state index < -0.39 is 9.84 Å². The first-order valence-corrected chi connectivity index (χ1v) is 8.09. The second-order valence-corrected chi connectivity index (χ2v) is 8.19. The molecular formula is C12H23NO2S. The topological polar surface area (TPSA) is 60.2 Å². The van der Waals surface area contributed by atoms with Gasteiger partial charge in [0.05, 0.1) is 10.5 Å². The van der Waals surface area contributed by atoms with Crippen LogP contribution in [0.3, 0.4) is 0 Å². The Balaban J connectivity index is 2.06. The molecule has 2 rings (SSSR count). The lowest BCUT2D eigenvalue weighted by Gasteiger charge is -2.28. The van der Waals surface area contributed by atoms with Crippen LogP contribution in [0.2, 0.25) is 0 Å². The first-order valence-electron chi connectivity index (χ1n) is 6.48. The third-order valence-corrected chi connectivity index (χ3v) is 6.96. The Labute approximate surface area is 98.7 Å². The summed E-state index contributed by atoms with van der Waals surface area (Å²) in [7, 11) is -2.91. The maximum Gasteiger partial charge on any atom is 0.156 e. The summed E-state index contributed by atoms with van der Waals surface area (Å²) in [5.74, 6) is 0.573. The molecule has 16 heavy (non-hydrogen) atoms. The molecule has 2 fully saturated rings. The summed E-state index contributed by atoms with van der Waals surface area (Å²) < 4.78 is 24.8. The predicted molar refractivity (Wildman–Crippen MR) is 66.0 cm³/mol. The molecule has 94 valence electrons. The largest absolute Gasteiger partial charge is 0.328 e. The summed E-state index contributed by atoms with van der Waals surface area (Å²) in [5.41, 5.74) is 5.81. The summed E-state index contributed by atoms with van der Waals surface area (Å²) in [6.07, 6.45) is 6.36. The Morgan fingerprint density at radius 2 is 1.69 bits per heavy atom. The highest BCUT2D eigenvalue weighted by Gasteiger charge is 2.39. The maximum absolute atomic E-state index is 12.4. The molecule has 2 N–H and O–H groups in total. The van der Waals surface area contributed by atoms with Crippen molar-refractivity contribution < 1.29 is 8.42 Å². The van der Waals surface area contributed by atoms with E-state index in [0.29, 0.717) is 12.3 Å². The Morgan fingerprint density at radius 3 is 2.25 bits per heavy atom. The van der Waals surface area contributed by atoms with Gasteiger partial charge in [-0.3, -0.25) is 0 Å². The molecule has 0 saturated heterocycles. The van der Waals surface area contributed by atoms with Crippen LogP contribution < -0.4 is 5.73 Å². The molecule has 0 bridgehead atoms. The van der Waals surface area contributed by atoms with E-state index >= 15 is 0 Å². The van der Waals surface area contributed by atoms with Crippen molar-refractivity contribution in [2.24, 2.45) is 11.7 Å². The van der Waals surface area contributed by atoms with Gasteiger partial charge in [-0.05, 0) is 38.0 Å². The Morgan fingerprint density at radius 1 is 1.00 bits per heavy atom. The average Bonchev–Trinajstić information content (AvgIpc) is 2.65. The van der Waals surface area contributed by atoms with E-state index in [9.17, 15) is 8.42 Å². The van der Waals surface area contributed by atoms with E-state index in [1.165, 1.54) is 6.42 Å². The van der Waals surface area contributed by atoms with Crippen LogP contribution in [0.15, 0.2) is 0 Å². The van der Waals surface area contributed by atoms with Crippen molar-refractivity contribution in [3.05, 3.63) is 0 Å². The number of sulfone groups is 1. The first kappa shape index (κ1) is 12.4. The van der Waals surface area contributed by atoms with Gasteiger partial charge in [0, 0.05) is 6.04 Å². The second-order valence-electron chi connectivity index (χ2n) is 5.68. The molecule has 0 radical (unpaired) electrons. The third-order valence-electron chi connectivity index (χ3n) is 4.24. The third kappa shape index (κ3) is 2.43. The van der Waals surface area contributed by atoms with Crippen LogP contribution in [0.1, 0.15) is 51.9 Å². The van der Waals surface area contributed by atoms with Gasteiger partial charge in [0.25, 0.3) is 0 Å². The van der Waals surface area contributed by atoms with E-state index in [1.54, 1.807) is 0 Å². The zero-order valence-electron chi connectivity index (χ0n) is 10.1. The van der Waals surface area contributed by atoms with Crippen LogP contribution in [0.4, 0.5) is 0 Å². The highest BCUT2D eigenvalue weighted by molar-refractivity contribution is 7.92. The highest BCUT2D eigenvalue weighted by Crippen LogP contribution is 2.34. The number of rotatable bonds is 2. The smallest absolute Gasteiger partial charge is 0.156 e. The minimum atomic E-state index is -2.91. The van der Waals surface area contributed by atoms with Crippen molar-refractivity contribution in [3.63, 3.8) is 0 Å². The highest BCUT2D eigenvalue weighted by atomic mass is 32.2. The second kappa shape index (κ2) is 4.65. The normalized spacial score (nSPS) is 41.1. The average molecular weight is 245 g/mol. The summed E-state index contributed by atoms with van der Waals surface area (Å²) >= 11 is 0. The molecule has 0 spiro atoms. The van der Waals surface area contributed by atoms with E-state index in [0.717, 1.165) is 32.1 Å². The number of nitrogens with two attached hydrogens (primary N) is 1. The van der Waals surface area contributed by atoms with Crippen LogP contribution in [0, 0.1) is 5.92 Å². The van der Waals surface area contributed by atoms with Crippen LogP contribution in [0.5, 0.6) is 0 Å². The summed E-state index contributed by atoms with van der Waals surface area (Å²) in [6, 6.07) is 0.112. The van der Waals surface area contributed by atoms with Crippen LogP contribution in [0.25, 0.3) is 0 Å². The van der Waals surface area contributed by atoms with Crippen molar-refractivity contribution in [1.29, 1.82) is 0 Å². The van der Waals surface area contributed by atoms with Gasteiger partial charge in [0.15, 0.2) is 9.84 Å². The lowest BCUT2D eigenvalue weighted by Crippen LogP contribution is -2.34. The standard InChI is InChI=1S/C12H23NO2S/c1-9-3-2-4-11(7-9)16(14,15)12-6-5-10(13)8-12/h9-12H,2-8,13H2,1H3.